The number of amides is 2. The quantitative estimate of drug-likeness (QED) is 0.718. The van der Waals surface area contributed by atoms with Gasteiger partial charge in [-0.1, -0.05) is 13.3 Å². The Morgan fingerprint density at radius 2 is 1.79 bits per heavy atom. The lowest BCUT2D eigenvalue weighted by molar-refractivity contribution is -0.143. The second-order valence-electron chi connectivity index (χ2n) is 4.86. The first-order valence-corrected chi connectivity index (χ1v) is 6.89. The van der Waals surface area contributed by atoms with Crippen LogP contribution in [0.1, 0.15) is 19.8 Å². The maximum Gasteiger partial charge on any atom is 0.248 e. The lowest BCUT2D eigenvalue weighted by Gasteiger charge is -2.36. The molecule has 6 heteroatoms. The minimum absolute atomic E-state index is 0.0152. The van der Waals surface area contributed by atoms with Gasteiger partial charge in [0.15, 0.2) is 0 Å². The zero-order valence-electron chi connectivity index (χ0n) is 11.9. The van der Waals surface area contributed by atoms with Crippen molar-refractivity contribution in [1.82, 2.24) is 9.80 Å². The number of hydrogen-bond donors (Lipinski definition) is 1. The summed E-state index contributed by atoms with van der Waals surface area (Å²) in [6, 6.07) is 0. The number of carbonyl (C=O) groups excluding carboxylic acids is 2. The lowest BCUT2D eigenvalue weighted by atomic mass is 10.0. The molecule has 0 aliphatic carbocycles. The molecule has 0 aromatic rings. The molecule has 1 fully saturated rings. The van der Waals surface area contributed by atoms with Gasteiger partial charge in [0.25, 0.3) is 0 Å². The minimum atomic E-state index is -0.0776. The molecular formula is C13H25N3O3. The van der Waals surface area contributed by atoms with E-state index in [0.717, 1.165) is 12.8 Å². The molecule has 1 rings (SSSR count). The van der Waals surface area contributed by atoms with Crippen LogP contribution < -0.4 is 5.73 Å². The molecule has 0 saturated carbocycles. The summed E-state index contributed by atoms with van der Waals surface area (Å²) in [4.78, 5) is 27.4. The van der Waals surface area contributed by atoms with Gasteiger partial charge < -0.3 is 20.3 Å². The van der Waals surface area contributed by atoms with Crippen LogP contribution in [-0.4, -0.2) is 68.1 Å². The van der Waals surface area contributed by atoms with E-state index < -0.39 is 0 Å². The van der Waals surface area contributed by atoms with Gasteiger partial charge in [0, 0.05) is 39.8 Å². The fraction of sp³-hybridized carbons (Fsp3) is 0.846. The summed E-state index contributed by atoms with van der Waals surface area (Å²) in [5.41, 5.74) is 5.65. The highest BCUT2D eigenvalue weighted by atomic mass is 16.5. The third-order valence-electron chi connectivity index (χ3n) is 3.48. The molecule has 6 nitrogen and oxygen atoms in total. The van der Waals surface area contributed by atoms with Crippen molar-refractivity contribution in [1.29, 1.82) is 0 Å². The van der Waals surface area contributed by atoms with Gasteiger partial charge >= 0.3 is 0 Å². The monoisotopic (exact) mass is 271 g/mol. The lowest BCUT2D eigenvalue weighted by Crippen LogP contribution is -2.53. The third-order valence-corrected chi connectivity index (χ3v) is 3.48. The SMILES string of the molecule is CCCC(CN)C(=O)N1CCN(C(=O)COC)CC1. The smallest absolute Gasteiger partial charge is 0.248 e. The van der Waals surface area contributed by atoms with Crippen LogP contribution in [0.15, 0.2) is 0 Å². The fourth-order valence-corrected chi connectivity index (χ4v) is 2.34. The minimum Gasteiger partial charge on any atom is -0.375 e. The van der Waals surface area contributed by atoms with Gasteiger partial charge in [-0.15, -0.1) is 0 Å². The summed E-state index contributed by atoms with van der Waals surface area (Å²) < 4.78 is 4.83. The Kier molecular flexibility index (Phi) is 6.80. The van der Waals surface area contributed by atoms with E-state index >= 15 is 0 Å². The molecule has 0 aromatic carbocycles. The van der Waals surface area contributed by atoms with E-state index in [1.54, 1.807) is 4.90 Å². The number of methoxy groups -OCH3 is 1. The van der Waals surface area contributed by atoms with Gasteiger partial charge in [0.2, 0.25) is 11.8 Å². The second-order valence-corrected chi connectivity index (χ2v) is 4.86. The van der Waals surface area contributed by atoms with Gasteiger partial charge in [0.05, 0.1) is 5.92 Å². The van der Waals surface area contributed by atoms with Gasteiger partial charge in [-0.2, -0.15) is 0 Å². The van der Waals surface area contributed by atoms with E-state index in [0.29, 0.717) is 32.7 Å². The molecule has 2 amide bonds. The van der Waals surface area contributed by atoms with Crippen molar-refractivity contribution in [2.45, 2.75) is 19.8 Å². The van der Waals surface area contributed by atoms with Crippen LogP contribution >= 0.6 is 0 Å². The highest BCUT2D eigenvalue weighted by molar-refractivity contribution is 5.80. The van der Waals surface area contributed by atoms with Gasteiger partial charge in [0.1, 0.15) is 6.61 Å². The number of ether oxygens (including phenoxy) is 1. The van der Waals surface area contributed by atoms with E-state index in [9.17, 15) is 9.59 Å². The van der Waals surface area contributed by atoms with Crippen LogP contribution in [0.25, 0.3) is 0 Å². The summed E-state index contributed by atoms with van der Waals surface area (Å²) in [6.45, 7) is 4.90. The molecular weight excluding hydrogens is 246 g/mol. The number of hydrogen-bond acceptors (Lipinski definition) is 4. The second kappa shape index (κ2) is 8.12. The highest BCUT2D eigenvalue weighted by Gasteiger charge is 2.27. The Labute approximate surface area is 114 Å². The predicted octanol–water partition coefficient (Wildman–Crippen LogP) is -0.321. The first kappa shape index (κ1) is 15.9. The molecule has 0 bridgehead atoms. The summed E-state index contributed by atoms with van der Waals surface area (Å²) in [5, 5.41) is 0. The molecule has 0 spiro atoms. The normalized spacial score (nSPS) is 17.4. The first-order chi connectivity index (χ1) is 9.13. The van der Waals surface area contributed by atoms with Crippen molar-refractivity contribution in [2.24, 2.45) is 11.7 Å². The zero-order valence-corrected chi connectivity index (χ0v) is 11.9. The van der Waals surface area contributed by atoms with Crippen LogP contribution in [0.5, 0.6) is 0 Å². The molecule has 1 saturated heterocycles. The Morgan fingerprint density at radius 1 is 1.21 bits per heavy atom. The molecule has 110 valence electrons. The molecule has 1 heterocycles. The highest BCUT2D eigenvalue weighted by Crippen LogP contribution is 2.12. The Hall–Kier alpha value is -1.14. The molecule has 2 N–H and O–H groups in total. The average Bonchev–Trinajstić information content (AvgIpc) is 2.44. The maximum atomic E-state index is 12.2. The number of piperazine rings is 1. The van der Waals surface area contributed by atoms with E-state index in [2.05, 4.69) is 6.92 Å². The fourth-order valence-electron chi connectivity index (χ4n) is 2.34. The Bertz CT molecular complexity index is 302. The predicted molar refractivity (Wildman–Crippen MR) is 72.5 cm³/mol. The standard InChI is InChI=1S/C13H25N3O3/c1-3-4-11(9-14)13(18)16-7-5-15(6-8-16)12(17)10-19-2/h11H,3-10,14H2,1-2H3. The van der Waals surface area contributed by atoms with Crippen LogP contribution in [-0.2, 0) is 14.3 Å². The van der Waals surface area contributed by atoms with Crippen molar-refractivity contribution >= 4 is 11.8 Å². The van der Waals surface area contributed by atoms with Gasteiger partial charge in [-0.25, -0.2) is 0 Å². The van der Waals surface area contributed by atoms with E-state index in [1.807, 2.05) is 4.90 Å². The topological polar surface area (TPSA) is 75.9 Å². The largest absolute Gasteiger partial charge is 0.375 e. The molecule has 0 aromatic heterocycles. The molecule has 1 aliphatic heterocycles. The van der Waals surface area contributed by atoms with Crippen molar-refractivity contribution < 1.29 is 14.3 Å². The molecule has 1 unspecified atom stereocenters. The Morgan fingerprint density at radius 3 is 2.26 bits per heavy atom. The number of nitrogens with two attached hydrogens (primary N) is 1. The molecule has 0 radical (unpaired) electrons. The van der Waals surface area contributed by atoms with E-state index in [-0.39, 0.29) is 24.3 Å². The van der Waals surface area contributed by atoms with Crippen LogP contribution in [0.2, 0.25) is 0 Å². The summed E-state index contributed by atoms with van der Waals surface area (Å²) in [5.74, 6) is 0.0351. The summed E-state index contributed by atoms with van der Waals surface area (Å²) in [6.07, 6.45) is 1.79. The third kappa shape index (κ3) is 4.47. The van der Waals surface area contributed by atoms with Crippen LogP contribution in [0.4, 0.5) is 0 Å². The van der Waals surface area contributed by atoms with Crippen molar-refractivity contribution in [3.05, 3.63) is 0 Å². The Balaban J connectivity index is 2.44. The van der Waals surface area contributed by atoms with Crippen molar-refractivity contribution in [3.8, 4) is 0 Å². The van der Waals surface area contributed by atoms with Crippen molar-refractivity contribution in [2.75, 3.05) is 46.4 Å². The van der Waals surface area contributed by atoms with Crippen LogP contribution in [0, 0.1) is 5.92 Å². The number of carbonyl (C=O) groups is 2. The number of nitrogens with zero attached hydrogens (tertiary/aromatic N) is 2. The average molecular weight is 271 g/mol. The van der Waals surface area contributed by atoms with E-state index in [4.69, 9.17) is 10.5 Å². The summed E-state index contributed by atoms with van der Waals surface area (Å²) in [7, 11) is 1.51. The van der Waals surface area contributed by atoms with Crippen molar-refractivity contribution in [3.63, 3.8) is 0 Å². The molecule has 1 atom stereocenters. The maximum absolute atomic E-state index is 12.2. The summed E-state index contributed by atoms with van der Waals surface area (Å²) >= 11 is 0. The molecule has 19 heavy (non-hydrogen) atoms. The van der Waals surface area contributed by atoms with Gasteiger partial charge in [-0.3, -0.25) is 9.59 Å². The van der Waals surface area contributed by atoms with Crippen LogP contribution in [0.3, 0.4) is 0 Å². The van der Waals surface area contributed by atoms with Gasteiger partial charge in [-0.05, 0) is 6.42 Å². The number of rotatable bonds is 6. The zero-order chi connectivity index (χ0) is 14.3. The first-order valence-electron chi connectivity index (χ1n) is 6.89. The molecule has 1 aliphatic rings. The van der Waals surface area contributed by atoms with E-state index in [1.165, 1.54) is 7.11 Å².